The number of halogens is 1. The molecule has 2 heterocycles. The van der Waals surface area contributed by atoms with E-state index in [1.54, 1.807) is 23.5 Å². The zero-order chi connectivity index (χ0) is 15.8. The van der Waals surface area contributed by atoms with Crippen LogP contribution >= 0.6 is 35.1 Å². The van der Waals surface area contributed by atoms with E-state index in [1.807, 2.05) is 53.1 Å². The van der Waals surface area contributed by atoms with Crippen LogP contribution in [0.25, 0.3) is 10.9 Å². The lowest BCUT2D eigenvalue weighted by atomic mass is 10.2. The van der Waals surface area contributed by atoms with Crippen molar-refractivity contribution in [1.29, 1.82) is 0 Å². The van der Waals surface area contributed by atoms with Gasteiger partial charge in [-0.1, -0.05) is 41.6 Å². The molecule has 1 aliphatic heterocycles. The van der Waals surface area contributed by atoms with Gasteiger partial charge in [-0.05, 0) is 30.3 Å². The van der Waals surface area contributed by atoms with Gasteiger partial charge in [-0.3, -0.25) is 9.36 Å². The van der Waals surface area contributed by atoms with Gasteiger partial charge in [0.25, 0.3) is 5.56 Å². The minimum atomic E-state index is 0.0623. The second kappa shape index (κ2) is 6.23. The average Bonchev–Trinajstić information content (AvgIpc) is 2.96. The average molecular weight is 361 g/mol. The van der Waals surface area contributed by atoms with Crippen molar-refractivity contribution in [1.82, 2.24) is 9.55 Å². The number of benzene rings is 2. The predicted octanol–water partition coefficient (Wildman–Crippen LogP) is 4.49. The zero-order valence-electron chi connectivity index (χ0n) is 12.1. The van der Waals surface area contributed by atoms with E-state index in [1.165, 1.54) is 0 Å². The Labute approximate surface area is 147 Å². The molecule has 0 unspecified atom stereocenters. The Hall–Kier alpha value is -1.43. The van der Waals surface area contributed by atoms with Crippen molar-refractivity contribution in [3.63, 3.8) is 0 Å². The summed E-state index contributed by atoms with van der Waals surface area (Å²) in [5.41, 5.74) is 0.840. The zero-order valence-corrected chi connectivity index (χ0v) is 14.5. The summed E-state index contributed by atoms with van der Waals surface area (Å²) in [5, 5.41) is 2.25. The number of para-hydroxylation sites is 1. The van der Waals surface area contributed by atoms with Crippen molar-refractivity contribution in [2.75, 3.05) is 11.5 Å². The smallest absolute Gasteiger partial charge is 0.262 e. The summed E-state index contributed by atoms with van der Waals surface area (Å²) in [6.07, 6.45) is 0. The van der Waals surface area contributed by atoms with Gasteiger partial charge in [0.05, 0.1) is 16.9 Å². The molecule has 1 aromatic heterocycles. The number of fused-ring (bicyclic) bond motifs is 2. The number of thioether (sulfide) groups is 2. The van der Waals surface area contributed by atoms with E-state index >= 15 is 0 Å². The van der Waals surface area contributed by atoms with Crippen LogP contribution in [0, 0.1) is 0 Å². The second-order valence-corrected chi connectivity index (χ2v) is 7.84. The van der Waals surface area contributed by atoms with Crippen LogP contribution in [0.5, 0.6) is 0 Å². The number of rotatable bonds is 3. The monoisotopic (exact) mass is 360 g/mol. The molecular formula is C17H13ClN2OS2. The molecule has 1 atom stereocenters. The largest absolute Gasteiger partial charge is 0.282 e. The van der Waals surface area contributed by atoms with Crippen LogP contribution < -0.4 is 5.56 Å². The second-order valence-electron chi connectivity index (χ2n) is 5.32. The van der Waals surface area contributed by atoms with Crippen LogP contribution in [0.2, 0.25) is 5.02 Å². The highest BCUT2D eigenvalue weighted by Gasteiger charge is 2.26. The van der Waals surface area contributed by atoms with Crippen molar-refractivity contribution >= 4 is 46.0 Å². The molecule has 0 N–H and O–H groups in total. The summed E-state index contributed by atoms with van der Waals surface area (Å²) in [5.74, 6) is 1.71. The summed E-state index contributed by atoms with van der Waals surface area (Å²) in [7, 11) is 0. The molecular weight excluding hydrogens is 348 g/mol. The van der Waals surface area contributed by atoms with Gasteiger partial charge >= 0.3 is 0 Å². The lowest BCUT2D eigenvalue weighted by Crippen LogP contribution is -2.25. The van der Waals surface area contributed by atoms with E-state index in [4.69, 9.17) is 11.6 Å². The maximum absolute atomic E-state index is 12.8. The molecule has 116 valence electrons. The quantitative estimate of drug-likeness (QED) is 0.509. The standard InChI is InChI=1S/C17H13ClN2OS2/c18-11-4-3-5-13(8-11)22-9-12-10-23-17-19-15-7-2-1-6-14(15)16(21)20(12)17/h1-8,12H,9-10H2/t12-/m1/s1. The molecule has 6 heteroatoms. The lowest BCUT2D eigenvalue weighted by Gasteiger charge is -2.13. The van der Waals surface area contributed by atoms with E-state index in [0.717, 1.165) is 32.1 Å². The molecule has 0 saturated heterocycles. The molecule has 0 bridgehead atoms. The van der Waals surface area contributed by atoms with Gasteiger partial charge < -0.3 is 0 Å². The third-order valence-electron chi connectivity index (χ3n) is 3.78. The Bertz CT molecular complexity index is 941. The maximum Gasteiger partial charge on any atom is 0.262 e. The summed E-state index contributed by atoms with van der Waals surface area (Å²) < 4.78 is 1.85. The summed E-state index contributed by atoms with van der Waals surface area (Å²) in [6.45, 7) is 0. The first-order chi connectivity index (χ1) is 11.2. The van der Waals surface area contributed by atoms with Crippen LogP contribution in [-0.2, 0) is 0 Å². The van der Waals surface area contributed by atoms with Gasteiger partial charge in [-0.15, -0.1) is 11.8 Å². The van der Waals surface area contributed by atoms with Crippen molar-refractivity contribution in [2.24, 2.45) is 0 Å². The first-order valence-corrected chi connectivity index (χ1v) is 9.60. The third-order valence-corrected chi connectivity index (χ3v) is 6.26. The Morgan fingerprint density at radius 3 is 3.00 bits per heavy atom. The third kappa shape index (κ3) is 2.89. The molecule has 23 heavy (non-hydrogen) atoms. The highest BCUT2D eigenvalue weighted by Crippen LogP contribution is 2.35. The molecule has 3 nitrogen and oxygen atoms in total. The van der Waals surface area contributed by atoms with Gasteiger partial charge in [0.2, 0.25) is 0 Å². The summed E-state index contributed by atoms with van der Waals surface area (Å²) in [6, 6.07) is 15.5. The van der Waals surface area contributed by atoms with Crippen LogP contribution in [-0.4, -0.2) is 21.1 Å². The van der Waals surface area contributed by atoms with Crippen molar-refractivity contribution in [3.8, 4) is 0 Å². The van der Waals surface area contributed by atoms with Crippen LogP contribution in [0.15, 0.2) is 63.4 Å². The van der Waals surface area contributed by atoms with Crippen LogP contribution in [0.4, 0.5) is 0 Å². The normalized spacial score (nSPS) is 16.7. The first-order valence-electron chi connectivity index (χ1n) is 7.25. The minimum Gasteiger partial charge on any atom is -0.282 e. The fourth-order valence-electron chi connectivity index (χ4n) is 2.67. The number of nitrogens with zero attached hydrogens (tertiary/aromatic N) is 2. The van der Waals surface area contributed by atoms with Gasteiger partial charge in [0, 0.05) is 21.4 Å². The highest BCUT2D eigenvalue weighted by atomic mass is 35.5. The van der Waals surface area contributed by atoms with Gasteiger partial charge in [-0.25, -0.2) is 4.98 Å². The molecule has 1 aliphatic rings. The van der Waals surface area contributed by atoms with Gasteiger partial charge in [-0.2, -0.15) is 0 Å². The van der Waals surface area contributed by atoms with Crippen LogP contribution in [0.1, 0.15) is 6.04 Å². The lowest BCUT2D eigenvalue weighted by molar-refractivity contribution is 0.558. The van der Waals surface area contributed by atoms with Gasteiger partial charge in [0.1, 0.15) is 0 Å². The topological polar surface area (TPSA) is 34.9 Å². The Morgan fingerprint density at radius 2 is 2.13 bits per heavy atom. The predicted molar refractivity (Wildman–Crippen MR) is 97.9 cm³/mol. The molecule has 0 amide bonds. The van der Waals surface area contributed by atoms with Crippen molar-refractivity contribution < 1.29 is 0 Å². The maximum atomic E-state index is 12.8. The van der Waals surface area contributed by atoms with Crippen LogP contribution in [0.3, 0.4) is 0 Å². The number of aromatic nitrogens is 2. The Kier molecular flexibility index (Phi) is 4.09. The molecule has 2 aromatic carbocycles. The first kappa shape index (κ1) is 15.1. The molecule has 0 radical (unpaired) electrons. The summed E-state index contributed by atoms with van der Waals surface area (Å²) in [4.78, 5) is 18.5. The van der Waals surface area contributed by atoms with E-state index < -0.39 is 0 Å². The van der Waals surface area contributed by atoms with E-state index in [2.05, 4.69) is 4.98 Å². The van der Waals surface area contributed by atoms with Gasteiger partial charge in [0.15, 0.2) is 5.16 Å². The molecule has 4 rings (SSSR count). The molecule has 0 aliphatic carbocycles. The molecule has 3 aromatic rings. The fraction of sp³-hybridized carbons (Fsp3) is 0.176. The molecule has 0 fully saturated rings. The Morgan fingerprint density at radius 1 is 1.26 bits per heavy atom. The van der Waals surface area contributed by atoms with E-state index in [9.17, 15) is 4.79 Å². The number of hydrogen-bond acceptors (Lipinski definition) is 4. The summed E-state index contributed by atoms with van der Waals surface area (Å²) >= 11 is 9.41. The fourth-order valence-corrected chi connectivity index (χ4v) is 5.25. The van der Waals surface area contributed by atoms with E-state index in [-0.39, 0.29) is 11.6 Å². The SMILES string of the molecule is O=c1c2ccccc2nc2n1[C@H](CSc1cccc(Cl)c1)CS2. The highest BCUT2D eigenvalue weighted by molar-refractivity contribution is 8.00. The van der Waals surface area contributed by atoms with Crippen molar-refractivity contribution in [3.05, 3.63) is 63.9 Å². The Balaban J connectivity index is 1.65. The van der Waals surface area contributed by atoms with E-state index in [0.29, 0.717) is 5.39 Å². The van der Waals surface area contributed by atoms with Crippen molar-refractivity contribution in [2.45, 2.75) is 16.1 Å². The molecule has 0 spiro atoms. The number of hydrogen-bond donors (Lipinski definition) is 0. The molecule has 0 saturated carbocycles. The minimum absolute atomic E-state index is 0.0623.